The molecule has 4 rings (SSSR count). The van der Waals surface area contributed by atoms with Crippen LogP contribution in [0, 0.1) is 6.92 Å². The van der Waals surface area contributed by atoms with Crippen LogP contribution in [-0.2, 0) is 11.2 Å². The van der Waals surface area contributed by atoms with E-state index in [1.165, 1.54) is 5.56 Å². The number of carbonyl (C=O) groups is 1. The Morgan fingerprint density at radius 1 is 0.944 bits per heavy atom. The zero-order valence-electron chi connectivity index (χ0n) is 21.7. The van der Waals surface area contributed by atoms with E-state index >= 15 is 0 Å². The molecule has 0 bridgehead atoms. The number of amides is 1. The monoisotopic (exact) mass is 504 g/mol. The molecule has 1 amide bonds. The largest absolute Gasteiger partial charge is 0.355 e. The third kappa shape index (κ3) is 6.85. The number of rotatable bonds is 10. The van der Waals surface area contributed by atoms with E-state index in [9.17, 15) is 4.79 Å². The molecule has 190 valence electrons. The van der Waals surface area contributed by atoms with Crippen LogP contribution in [0.15, 0.2) is 48.5 Å². The second-order valence-electron chi connectivity index (χ2n) is 10.0. The molecule has 1 N–H and O–H groups in total. The van der Waals surface area contributed by atoms with E-state index in [4.69, 9.17) is 21.6 Å². The summed E-state index contributed by atoms with van der Waals surface area (Å²) in [5.41, 5.74) is 6.24. The molecule has 5 nitrogen and oxygen atoms in total. The molecule has 0 saturated carbocycles. The number of benzene rings is 2. The molecule has 0 radical (unpaired) electrons. The molecular weight excluding hydrogens is 468 g/mol. The molecule has 1 aliphatic rings. The number of carbonyl (C=O) groups excluding carboxylic acids is 1. The van der Waals surface area contributed by atoms with Gasteiger partial charge in [-0.05, 0) is 58.6 Å². The third-order valence-electron chi connectivity index (χ3n) is 6.56. The SMILES string of the molecule is Cc1ccc(-c2nc3c(nc2-c2ccc(Cl)cc2)N(CCCCCCC(=O)NC(C)C)CCC3)cc1. The van der Waals surface area contributed by atoms with E-state index in [1.54, 1.807) is 0 Å². The maximum atomic E-state index is 11.8. The number of unbranched alkanes of at least 4 members (excludes halogenated alkanes) is 3. The van der Waals surface area contributed by atoms with Gasteiger partial charge in [0.1, 0.15) is 0 Å². The minimum absolute atomic E-state index is 0.157. The standard InChI is InChI=1S/C30H37ClN4O/c1-21(2)32-27(36)10-6-4-5-7-19-35-20-8-9-26-30(35)34-29(24-15-17-25(31)18-16-24)28(33-26)23-13-11-22(3)12-14-23/h11-18,21H,4-10,19-20H2,1-3H3,(H,32,36). The summed E-state index contributed by atoms with van der Waals surface area (Å²) in [6.45, 7) is 8.06. The summed E-state index contributed by atoms with van der Waals surface area (Å²) >= 11 is 6.18. The van der Waals surface area contributed by atoms with Crippen molar-refractivity contribution in [3.05, 3.63) is 64.8 Å². The van der Waals surface area contributed by atoms with Gasteiger partial charge in [-0.1, -0.05) is 66.4 Å². The number of nitrogens with zero attached hydrogens (tertiary/aromatic N) is 3. The molecule has 6 heteroatoms. The van der Waals surface area contributed by atoms with Crippen molar-refractivity contribution in [2.75, 3.05) is 18.0 Å². The Hall–Kier alpha value is -2.92. The first-order valence-electron chi connectivity index (χ1n) is 13.2. The van der Waals surface area contributed by atoms with E-state index in [0.29, 0.717) is 11.4 Å². The Balaban J connectivity index is 1.50. The van der Waals surface area contributed by atoms with Gasteiger partial charge in [-0.15, -0.1) is 0 Å². The molecule has 2 aromatic carbocycles. The number of halogens is 1. The van der Waals surface area contributed by atoms with Crippen LogP contribution in [0.3, 0.4) is 0 Å². The fourth-order valence-electron chi connectivity index (χ4n) is 4.70. The maximum absolute atomic E-state index is 11.8. The topological polar surface area (TPSA) is 58.1 Å². The summed E-state index contributed by atoms with van der Waals surface area (Å²) in [5.74, 6) is 1.17. The fraction of sp³-hybridized carbons (Fsp3) is 0.433. The Morgan fingerprint density at radius 2 is 1.58 bits per heavy atom. The summed E-state index contributed by atoms with van der Waals surface area (Å²) in [5, 5.41) is 3.68. The average Bonchev–Trinajstić information content (AvgIpc) is 2.86. The average molecular weight is 505 g/mol. The van der Waals surface area contributed by atoms with Gasteiger partial charge in [0.05, 0.1) is 17.1 Å². The lowest BCUT2D eigenvalue weighted by molar-refractivity contribution is -0.121. The van der Waals surface area contributed by atoms with E-state index in [0.717, 1.165) is 85.6 Å². The van der Waals surface area contributed by atoms with Gasteiger partial charge in [-0.2, -0.15) is 0 Å². The number of hydrogen-bond donors (Lipinski definition) is 1. The van der Waals surface area contributed by atoms with Crippen molar-refractivity contribution in [1.82, 2.24) is 15.3 Å². The van der Waals surface area contributed by atoms with Gasteiger partial charge in [-0.3, -0.25) is 4.79 Å². The van der Waals surface area contributed by atoms with Crippen LogP contribution in [0.1, 0.15) is 63.6 Å². The van der Waals surface area contributed by atoms with Crippen molar-refractivity contribution in [2.24, 2.45) is 0 Å². The molecule has 0 saturated heterocycles. The molecule has 3 aromatic rings. The van der Waals surface area contributed by atoms with Gasteiger partial charge in [0.15, 0.2) is 5.82 Å². The number of hydrogen-bond acceptors (Lipinski definition) is 4. The Bertz CT molecular complexity index is 1160. The van der Waals surface area contributed by atoms with E-state index < -0.39 is 0 Å². The lowest BCUT2D eigenvalue weighted by Crippen LogP contribution is -2.32. The second-order valence-corrected chi connectivity index (χ2v) is 10.5. The Labute approximate surface area is 220 Å². The predicted molar refractivity (Wildman–Crippen MR) is 150 cm³/mol. The smallest absolute Gasteiger partial charge is 0.220 e. The first-order chi connectivity index (χ1) is 17.4. The molecule has 36 heavy (non-hydrogen) atoms. The molecule has 1 aromatic heterocycles. The molecule has 1 aliphatic heterocycles. The van der Waals surface area contributed by atoms with Crippen molar-refractivity contribution in [3.8, 4) is 22.5 Å². The number of aryl methyl sites for hydroxylation is 2. The summed E-state index contributed by atoms with van der Waals surface area (Å²) in [7, 11) is 0. The summed E-state index contributed by atoms with van der Waals surface area (Å²) in [6.07, 6.45) is 6.86. The number of fused-ring (bicyclic) bond motifs is 1. The molecule has 0 spiro atoms. The predicted octanol–water partition coefficient (Wildman–Crippen LogP) is 7.00. The maximum Gasteiger partial charge on any atom is 0.220 e. The van der Waals surface area contributed by atoms with Gasteiger partial charge < -0.3 is 10.2 Å². The van der Waals surface area contributed by atoms with Crippen molar-refractivity contribution in [2.45, 2.75) is 71.8 Å². The van der Waals surface area contributed by atoms with Crippen LogP contribution in [-0.4, -0.2) is 35.0 Å². The number of nitrogens with one attached hydrogen (secondary N) is 1. The summed E-state index contributed by atoms with van der Waals surface area (Å²) in [6, 6.07) is 16.6. The number of aromatic nitrogens is 2. The quantitative estimate of drug-likeness (QED) is 0.302. The van der Waals surface area contributed by atoms with Crippen molar-refractivity contribution in [3.63, 3.8) is 0 Å². The zero-order chi connectivity index (χ0) is 25.5. The van der Waals surface area contributed by atoms with E-state index in [2.05, 4.69) is 41.4 Å². The van der Waals surface area contributed by atoms with Crippen LogP contribution in [0.2, 0.25) is 5.02 Å². The van der Waals surface area contributed by atoms with Crippen LogP contribution >= 0.6 is 11.6 Å². The first-order valence-corrected chi connectivity index (χ1v) is 13.6. The highest BCUT2D eigenvalue weighted by molar-refractivity contribution is 6.30. The zero-order valence-corrected chi connectivity index (χ0v) is 22.4. The minimum atomic E-state index is 0.157. The van der Waals surface area contributed by atoms with Gasteiger partial charge in [-0.25, -0.2) is 9.97 Å². The Kier molecular flexibility index (Phi) is 8.98. The first kappa shape index (κ1) is 26.2. The lowest BCUT2D eigenvalue weighted by Gasteiger charge is -2.30. The highest BCUT2D eigenvalue weighted by Crippen LogP contribution is 2.35. The fourth-order valence-corrected chi connectivity index (χ4v) is 4.83. The van der Waals surface area contributed by atoms with Crippen molar-refractivity contribution >= 4 is 23.3 Å². The molecule has 0 fully saturated rings. The third-order valence-corrected chi connectivity index (χ3v) is 6.81. The van der Waals surface area contributed by atoms with Crippen LogP contribution in [0.5, 0.6) is 0 Å². The summed E-state index contributed by atoms with van der Waals surface area (Å²) < 4.78 is 0. The molecule has 0 aliphatic carbocycles. The van der Waals surface area contributed by atoms with E-state index in [-0.39, 0.29) is 11.9 Å². The molecule has 0 atom stereocenters. The summed E-state index contributed by atoms with van der Waals surface area (Å²) in [4.78, 5) is 24.6. The molecular formula is C30H37ClN4O. The highest BCUT2D eigenvalue weighted by atomic mass is 35.5. The minimum Gasteiger partial charge on any atom is -0.355 e. The van der Waals surface area contributed by atoms with Gasteiger partial charge >= 0.3 is 0 Å². The van der Waals surface area contributed by atoms with E-state index in [1.807, 2.05) is 38.1 Å². The van der Waals surface area contributed by atoms with Crippen LogP contribution in [0.25, 0.3) is 22.5 Å². The normalized spacial score (nSPS) is 13.1. The van der Waals surface area contributed by atoms with Gasteiger partial charge in [0.25, 0.3) is 0 Å². The second kappa shape index (κ2) is 12.4. The number of anilines is 1. The van der Waals surface area contributed by atoms with Gasteiger partial charge in [0, 0.05) is 41.7 Å². The lowest BCUT2D eigenvalue weighted by atomic mass is 10.0. The van der Waals surface area contributed by atoms with Crippen molar-refractivity contribution < 1.29 is 4.79 Å². The van der Waals surface area contributed by atoms with Gasteiger partial charge in [0.2, 0.25) is 5.91 Å². The highest BCUT2D eigenvalue weighted by Gasteiger charge is 2.23. The van der Waals surface area contributed by atoms with Crippen molar-refractivity contribution in [1.29, 1.82) is 0 Å². The van der Waals surface area contributed by atoms with Crippen LogP contribution in [0.4, 0.5) is 5.82 Å². The Morgan fingerprint density at radius 3 is 2.28 bits per heavy atom. The van der Waals surface area contributed by atoms with Crippen LogP contribution < -0.4 is 10.2 Å². The molecule has 2 heterocycles. The molecule has 0 unspecified atom stereocenters.